The highest BCUT2D eigenvalue weighted by Gasteiger charge is 2.73. The summed E-state index contributed by atoms with van der Waals surface area (Å²) in [5.74, 6) is -4.11. The fourth-order valence-electron chi connectivity index (χ4n) is 7.41. The van der Waals surface area contributed by atoms with Crippen molar-refractivity contribution in [3.8, 4) is 5.75 Å². The van der Waals surface area contributed by atoms with E-state index in [9.17, 15) is 19.2 Å². The number of carbonyl (C=O) groups excluding carboxylic acids is 4. The van der Waals surface area contributed by atoms with Crippen LogP contribution >= 0.6 is 23.2 Å². The molecule has 7 nitrogen and oxygen atoms in total. The third kappa shape index (κ3) is 4.25. The van der Waals surface area contributed by atoms with Crippen LogP contribution in [0.25, 0.3) is 0 Å². The summed E-state index contributed by atoms with van der Waals surface area (Å²) in [4.78, 5) is 54.7. The average molecular weight is 655 g/mol. The first-order valence-corrected chi connectivity index (χ1v) is 15.7. The smallest absolute Gasteiger partial charge is 0.330 e. The van der Waals surface area contributed by atoms with Crippen LogP contribution in [-0.4, -0.2) is 47.7 Å². The number of hydrogen-bond donors (Lipinski definition) is 0. The molecule has 232 valence electrons. The molecule has 1 fully saturated rings. The van der Waals surface area contributed by atoms with E-state index in [0.717, 1.165) is 4.90 Å². The zero-order chi connectivity index (χ0) is 32.4. The Morgan fingerprint density at radius 2 is 1.20 bits per heavy atom. The number of ether oxygens (including phenoxy) is 2. The monoisotopic (exact) mass is 653 g/mol. The quantitative estimate of drug-likeness (QED) is 0.100. The van der Waals surface area contributed by atoms with Crippen molar-refractivity contribution in [1.82, 2.24) is 4.90 Å². The molecule has 0 saturated carbocycles. The molecule has 8 rings (SSSR count). The lowest BCUT2D eigenvalue weighted by Gasteiger charge is -2.54. The van der Waals surface area contributed by atoms with E-state index in [1.807, 2.05) is 54.6 Å². The minimum absolute atomic E-state index is 0.0233. The van der Waals surface area contributed by atoms with Gasteiger partial charge in [0.2, 0.25) is 17.6 Å². The topological polar surface area (TPSA) is 90.0 Å². The summed E-state index contributed by atoms with van der Waals surface area (Å²) in [5, 5.41) is 0. The second-order valence-electron chi connectivity index (χ2n) is 11.9. The molecule has 4 aliphatic rings. The number of Topliss-reactive ketones (excluding diaryl/α,β-unsaturated/α-hetero) is 1. The number of esters is 1. The molecule has 9 heteroatoms. The lowest BCUT2D eigenvalue weighted by molar-refractivity contribution is -0.160. The second kappa shape index (κ2) is 11.1. The van der Waals surface area contributed by atoms with Gasteiger partial charge in [-0.15, -0.1) is 23.2 Å². The highest BCUT2D eigenvalue weighted by Crippen LogP contribution is 2.69. The van der Waals surface area contributed by atoms with Crippen molar-refractivity contribution in [1.29, 1.82) is 0 Å². The van der Waals surface area contributed by atoms with Gasteiger partial charge in [0, 0.05) is 12.0 Å². The van der Waals surface area contributed by atoms with Crippen molar-refractivity contribution in [2.45, 2.75) is 35.2 Å². The molecule has 2 amide bonds. The number of amides is 2. The van der Waals surface area contributed by atoms with Gasteiger partial charge in [-0.05, 0) is 59.0 Å². The normalized spacial score (nSPS) is 25.3. The van der Waals surface area contributed by atoms with E-state index in [1.165, 1.54) is 14.0 Å². The van der Waals surface area contributed by atoms with Crippen molar-refractivity contribution in [3.63, 3.8) is 0 Å². The minimum atomic E-state index is -1.39. The van der Waals surface area contributed by atoms with E-state index in [4.69, 9.17) is 32.7 Å². The molecule has 3 aliphatic carbocycles. The summed E-state index contributed by atoms with van der Waals surface area (Å²) in [5.41, 5.74) is 3.67. The van der Waals surface area contributed by atoms with E-state index < -0.39 is 57.3 Å². The standard InChI is InChI=1S/C37H29Cl2NO6/c1-21(32(41)23-16-18-24(45-2)19-17-23)46-35(44)29(20-22-10-4-3-5-11-22)40-33(42)30-31(34(40)43)37(39)26-13-7-6-12-25(26)36(30,38)27-14-8-9-15-28(27)37/h3-19,21,29-31H,20H2,1-2H3/t21-,29-,30+,31+,36?,37?/m0/s1. The maximum atomic E-state index is 14.6. The number of alkyl halides is 2. The largest absolute Gasteiger partial charge is 0.497 e. The van der Waals surface area contributed by atoms with Gasteiger partial charge in [-0.25, -0.2) is 4.79 Å². The van der Waals surface area contributed by atoms with Crippen LogP contribution in [0.5, 0.6) is 5.75 Å². The minimum Gasteiger partial charge on any atom is -0.497 e. The number of carbonyl (C=O) groups is 4. The Balaban J connectivity index is 1.28. The Morgan fingerprint density at radius 1 is 0.739 bits per heavy atom. The highest BCUT2D eigenvalue weighted by atomic mass is 35.5. The van der Waals surface area contributed by atoms with E-state index >= 15 is 0 Å². The first-order valence-electron chi connectivity index (χ1n) is 15.0. The summed E-state index contributed by atoms with van der Waals surface area (Å²) in [6.45, 7) is 1.46. The molecule has 1 saturated heterocycles. The summed E-state index contributed by atoms with van der Waals surface area (Å²) < 4.78 is 10.9. The van der Waals surface area contributed by atoms with Crippen LogP contribution in [0.2, 0.25) is 0 Å². The third-order valence-electron chi connectivity index (χ3n) is 9.51. The first kappa shape index (κ1) is 30.2. The zero-order valence-corrected chi connectivity index (χ0v) is 26.5. The van der Waals surface area contributed by atoms with Crippen molar-refractivity contribution in [2.75, 3.05) is 7.11 Å². The Kier molecular flexibility index (Phi) is 7.29. The fourth-order valence-corrected chi connectivity index (χ4v) is 8.51. The molecule has 4 aromatic carbocycles. The number of halogens is 2. The predicted octanol–water partition coefficient (Wildman–Crippen LogP) is 6.01. The van der Waals surface area contributed by atoms with Gasteiger partial charge in [-0.2, -0.15) is 0 Å². The number of rotatable bonds is 8. The molecule has 0 spiro atoms. The molecule has 4 atom stereocenters. The van der Waals surface area contributed by atoms with E-state index in [0.29, 0.717) is 39.1 Å². The van der Waals surface area contributed by atoms with Crippen LogP contribution < -0.4 is 4.74 Å². The van der Waals surface area contributed by atoms with Crippen LogP contribution in [0.1, 0.15) is 45.1 Å². The third-order valence-corrected chi connectivity index (χ3v) is 10.8. The molecule has 46 heavy (non-hydrogen) atoms. The lowest BCUT2D eigenvalue weighted by atomic mass is 9.54. The number of nitrogens with zero attached hydrogens (tertiary/aromatic N) is 1. The Hall–Kier alpha value is -4.46. The highest BCUT2D eigenvalue weighted by molar-refractivity contribution is 6.36. The number of benzene rings is 4. The van der Waals surface area contributed by atoms with E-state index in [1.54, 1.807) is 48.5 Å². The molecular formula is C37H29Cl2NO6. The van der Waals surface area contributed by atoms with Crippen LogP contribution in [0, 0.1) is 11.8 Å². The number of methoxy groups -OCH3 is 1. The molecular weight excluding hydrogens is 625 g/mol. The van der Waals surface area contributed by atoms with Gasteiger partial charge in [0.15, 0.2) is 6.10 Å². The molecule has 0 aromatic heterocycles. The summed E-state index contributed by atoms with van der Waals surface area (Å²) in [6.07, 6.45) is -1.22. The zero-order valence-electron chi connectivity index (χ0n) is 25.0. The van der Waals surface area contributed by atoms with Gasteiger partial charge in [0.25, 0.3) is 0 Å². The molecule has 1 heterocycles. The van der Waals surface area contributed by atoms with Gasteiger partial charge in [0.1, 0.15) is 21.5 Å². The van der Waals surface area contributed by atoms with Crippen LogP contribution in [0.4, 0.5) is 0 Å². The molecule has 0 N–H and O–H groups in total. The summed E-state index contributed by atoms with van der Waals surface area (Å²) in [7, 11) is 1.52. The summed E-state index contributed by atoms with van der Waals surface area (Å²) in [6, 6.07) is 28.8. The van der Waals surface area contributed by atoms with Crippen molar-refractivity contribution in [2.24, 2.45) is 11.8 Å². The lowest BCUT2D eigenvalue weighted by Crippen LogP contribution is -2.57. The van der Waals surface area contributed by atoms with Crippen molar-refractivity contribution >= 4 is 46.8 Å². The predicted molar refractivity (Wildman–Crippen MR) is 172 cm³/mol. The number of ketones is 1. The van der Waals surface area contributed by atoms with Gasteiger partial charge in [-0.1, -0.05) is 78.9 Å². The van der Waals surface area contributed by atoms with Crippen molar-refractivity contribution in [3.05, 3.63) is 137 Å². The first-order chi connectivity index (χ1) is 22.1. The Labute approximate surface area is 276 Å². The molecule has 2 bridgehead atoms. The van der Waals surface area contributed by atoms with Gasteiger partial charge in [-0.3, -0.25) is 19.3 Å². The Bertz CT molecular complexity index is 1770. The second-order valence-corrected chi connectivity index (χ2v) is 13.1. The van der Waals surface area contributed by atoms with E-state index in [2.05, 4.69) is 0 Å². The van der Waals surface area contributed by atoms with Crippen LogP contribution in [0.3, 0.4) is 0 Å². The molecule has 1 aliphatic heterocycles. The van der Waals surface area contributed by atoms with Crippen LogP contribution in [-0.2, 0) is 35.3 Å². The van der Waals surface area contributed by atoms with Crippen LogP contribution in [0.15, 0.2) is 103 Å². The Morgan fingerprint density at radius 3 is 1.65 bits per heavy atom. The van der Waals surface area contributed by atoms with Gasteiger partial charge < -0.3 is 9.47 Å². The number of hydrogen-bond acceptors (Lipinski definition) is 6. The number of likely N-dealkylation sites (tertiary alicyclic amines) is 1. The average Bonchev–Trinajstić information content (AvgIpc) is 3.36. The fraction of sp³-hybridized carbons (Fsp3) is 0.243. The molecule has 4 aromatic rings. The SMILES string of the molecule is COc1ccc(C(=O)[C@H](C)OC(=O)[C@H](Cc2ccccc2)N2C(=O)[C@H]3[C@H](C2=O)C2(Cl)c4ccccc4C3(Cl)c3ccccc32)cc1. The summed E-state index contributed by atoms with van der Waals surface area (Å²) >= 11 is 15.2. The van der Waals surface area contributed by atoms with Gasteiger partial charge in [0.05, 0.1) is 18.9 Å². The molecule has 0 unspecified atom stereocenters. The van der Waals surface area contributed by atoms with E-state index in [-0.39, 0.29) is 6.42 Å². The number of imide groups is 1. The maximum Gasteiger partial charge on any atom is 0.330 e. The maximum absolute atomic E-state index is 14.6. The van der Waals surface area contributed by atoms with Crippen molar-refractivity contribution < 1.29 is 28.7 Å². The molecule has 0 radical (unpaired) electrons. The van der Waals surface area contributed by atoms with Gasteiger partial charge >= 0.3 is 5.97 Å².